The molecule has 0 bridgehead atoms. The maximum Gasteiger partial charge on any atom is 0.437 e. The predicted octanol–water partition coefficient (Wildman–Crippen LogP) is 0.0957. The van der Waals surface area contributed by atoms with Gasteiger partial charge in [-0.15, -0.1) is 16.4 Å². The van der Waals surface area contributed by atoms with Crippen molar-refractivity contribution in [1.82, 2.24) is 18.9 Å². The number of rotatable bonds is 6. The van der Waals surface area contributed by atoms with Crippen molar-refractivity contribution in [2.24, 2.45) is 14.1 Å². The lowest BCUT2D eigenvalue weighted by molar-refractivity contribution is -0.145. The van der Waals surface area contributed by atoms with E-state index in [4.69, 9.17) is 9.15 Å². The summed E-state index contributed by atoms with van der Waals surface area (Å²) in [5.74, 6) is -1.07. The summed E-state index contributed by atoms with van der Waals surface area (Å²) < 4.78 is 13.4. The van der Waals surface area contributed by atoms with Gasteiger partial charge in [0.1, 0.15) is 6.61 Å². The third kappa shape index (κ3) is 3.97. The summed E-state index contributed by atoms with van der Waals surface area (Å²) >= 11 is 1.38. The molecule has 3 heterocycles. The van der Waals surface area contributed by atoms with Gasteiger partial charge in [-0.05, 0) is 11.4 Å². The van der Waals surface area contributed by atoms with Crippen molar-refractivity contribution in [3.8, 4) is 10.8 Å². The maximum absolute atomic E-state index is 11.9. The largest absolute Gasteiger partial charge is 0.459 e. The topological polar surface area (TPSA) is 118 Å². The van der Waals surface area contributed by atoms with Gasteiger partial charge in [0.25, 0.3) is 11.4 Å². The van der Waals surface area contributed by atoms with Gasteiger partial charge in [0.2, 0.25) is 0 Å². The maximum atomic E-state index is 11.9. The van der Waals surface area contributed by atoms with E-state index in [1.54, 1.807) is 12.1 Å². The van der Waals surface area contributed by atoms with Gasteiger partial charge in [0.15, 0.2) is 0 Å². The van der Waals surface area contributed by atoms with Gasteiger partial charge in [-0.3, -0.25) is 18.7 Å². The van der Waals surface area contributed by atoms with Crippen LogP contribution in [0.25, 0.3) is 10.8 Å². The highest BCUT2D eigenvalue weighted by Crippen LogP contribution is 2.21. The zero-order valence-electron chi connectivity index (χ0n) is 14.6. The van der Waals surface area contributed by atoms with E-state index >= 15 is 0 Å². The second kappa shape index (κ2) is 7.58. The van der Waals surface area contributed by atoms with Crippen LogP contribution in [0.2, 0.25) is 0 Å². The zero-order chi connectivity index (χ0) is 19.6. The average Bonchev–Trinajstić information content (AvgIpc) is 3.30. The smallest absolute Gasteiger partial charge is 0.437 e. The van der Waals surface area contributed by atoms with Crippen molar-refractivity contribution < 1.29 is 13.9 Å². The summed E-state index contributed by atoms with van der Waals surface area (Å²) in [4.78, 5) is 47.9. The van der Waals surface area contributed by atoms with Crippen molar-refractivity contribution in [2.45, 2.75) is 19.6 Å². The molecule has 0 fully saturated rings. The minimum Gasteiger partial charge on any atom is -0.459 e. The Labute approximate surface area is 155 Å². The van der Waals surface area contributed by atoms with Gasteiger partial charge in [-0.1, -0.05) is 6.07 Å². The monoisotopic (exact) mass is 392 g/mol. The first kappa shape index (κ1) is 18.6. The summed E-state index contributed by atoms with van der Waals surface area (Å²) in [5, 5.41) is 5.87. The molecule has 0 aliphatic heterocycles. The number of ether oxygens (including phenoxy) is 1. The number of aromatic nitrogens is 4. The fraction of sp³-hybridized carbons (Fsp3) is 0.312. The SMILES string of the molecule is Cn1c(COC(=O)CCn2nc(-c3cccs3)oc2=O)cc(=O)n(C)c1=O. The van der Waals surface area contributed by atoms with E-state index in [0.29, 0.717) is 4.88 Å². The van der Waals surface area contributed by atoms with Crippen LogP contribution in [0.4, 0.5) is 0 Å². The molecule has 0 atom stereocenters. The standard InChI is InChI=1S/C16H16N4O6S/c1-18-10(8-12(21)19(2)15(18)23)9-25-13(22)5-6-20-16(24)26-14(17-20)11-4-3-7-27-11/h3-4,7-8H,5-6,9H2,1-2H3. The number of carbonyl (C=O) groups excluding carboxylic acids is 1. The summed E-state index contributed by atoms with van der Waals surface area (Å²) in [6.45, 7) is -0.239. The second-order valence-electron chi connectivity index (χ2n) is 5.66. The third-order valence-electron chi connectivity index (χ3n) is 3.87. The lowest BCUT2D eigenvalue weighted by Crippen LogP contribution is -2.38. The number of esters is 1. The van der Waals surface area contributed by atoms with Crippen molar-refractivity contribution in [1.29, 1.82) is 0 Å². The Balaban J connectivity index is 1.61. The minimum absolute atomic E-state index is 0.0119. The van der Waals surface area contributed by atoms with Gasteiger partial charge >= 0.3 is 17.4 Å². The summed E-state index contributed by atoms with van der Waals surface area (Å²) in [7, 11) is 2.84. The van der Waals surface area contributed by atoms with Crippen LogP contribution >= 0.6 is 11.3 Å². The Morgan fingerprint density at radius 1 is 1.26 bits per heavy atom. The molecule has 0 unspecified atom stereocenters. The highest BCUT2D eigenvalue weighted by Gasteiger charge is 2.14. The third-order valence-corrected chi connectivity index (χ3v) is 4.73. The van der Waals surface area contributed by atoms with Crippen LogP contribution in [0.1, 0.15) is 12.1 Å². The fourth-order valence-corrected chi connectivity index (χ4v) is 2.93. The van der Waals surface area contributed by atoms with Gasteiger partial charge in [-0.2, -0.15) is 4.68 Å². The van der Waals surface area contributed by atoms with Gasteiger partial charge < -0.3 is 9.15 Å². The molecule has 3 aromatic rings. The average molecular weight is 392 g/mol. The Kier molecular flexibility index (Phi) is 5.21. The number of nitrogens with zero attached hydrogens (tertiary/aromatic N) is 4. The Bertz CT molecular complexity index is 1140. The molecule has 0 spiro atoms. The lowest BCUT2D eigenvalue weighted by atomic mass is 10.4. The van der Waals surface area contributed by atoms with E-state index in [0.717, 1.165) is 9.25 Å². The van der Waals surface area contributed by atoms with Crippen LogP contribution in [-0.2, 0) is 36.8 Å². The number of hydrogen-bond acceptors (Lipinski definition) is 8. The van der Waals surface area contributed by atoms with E-state index in [9.17, 15) is 19.2 Å². The number of hydrogen-bond donors (Lipinski definition) is 0. The van der Waals surface area contributed by atoms with Crippen molar-refractivity contribution in [3.63, 3.8) is 0 Å². The van der Waals surface area contributed by atoms with Crippen LogP contribution in [0.15, 0.2) is 42.4 Å². The summed E-state index contributed by atoms with van der Waals surface area (Å²) in [5.41, 5.74) is -0.724. The second-order valence-corrected chi connectivity index (χ2v) is 6.61. The normalized spacial score (nSPS) is 10.9. The molecule has 3 aromatic heterocycles. The molecule has 0 N–H and O–H groups in total. The fourth-order valence-electron chi connectivity index (χ4n) is 2.29. The predicted molar refractivity (Wildman–Crippen MR) is 95.4 cm³/mol. The molecule has 10 nitrogen and oxygen atoms in total. The van der Waals surface area contributed by atoms with Gasteiger partial charge in [-0.25, -0.2) is 9.59 Å². The van der Waals surface area contributed by atoms with E-state index in [1.807, 2.05) is 5.38 Å². The molecule has 11 heteroatoms. The first-order valence-corrected chi connectivity index (χ1v) is 8.78. The van der Waals surface area contributed by atoms with E-state index < -0.39 is 23.0 Å². The van der Waals surface area contributed by atoms with Crippen molar-refractivity contribution in [3.05, 3.63) is 60.7 Å². The highest BCUT2D eigenvalue weighted by molar-refractivity contribution is 7.13. The minimum atomic E-state index is -0.667. The van der Waals surface area contributed by atoms with Crippen LogP contribution in [-0.4, -0.2) is 24.9 Å². The first-order valence-electron chi connectivity index (χ1n) is 7.90. The van der Waals surface area contributed by atoms with Crippen molar-refractivity contribution >= 4 is 17.3 Å². The highest BCUT2D eigenvalue weighted by atomic mass is 32.1. The molecule has 0 radical (unpaired) electrons. The van der Waals surface area contributed by atoms with Gasteiger partial charge in [0.05, 0.1) is 23.5 Å². The van der Waals surface area contributed by atoms with E-state index in [1.165, 1.54) is 36.1 Å². The summed E-state index contributed by atoms with van der Waals surface area (Å²) in [6.07, 6.45) is -0.116. The molecule has 0 aliphatic rings. The van der Waals surface area contributed by atoms with Crippen LogP contribution in [0.3, 0.4) is 0 Å². The molecule has 0 saturated heterocycles. The first-order chi connectivity index (χ1) is 12.9. The molecule has 3 rings (SSSR count). The zero-order valence-corrected chi connectivity index (χ0v) is 15.4. The molecular weight excluding hydrogens is 376 g/mol. The Hall–Kier alpha value is -3.21. The molecular formula is C16H16N4O6S. The van der Waals surface area contributed by atoms with Crippen molar-refractivity contribution in [2.75, 3.05) is 0 Å². The van der Waals surface area contributed by atoms with E-state index in [-0.39, 0.29) is 31.2 Å². The molecule has 0 aromatic carbocycles. The molecule has 0 amide bonds. The van der Waals surface area contributed by atoms with Crippen LogP contribution in [0, 0.1) is 0 Å². The number of carbonyl (C=O) groups is 1. The Morgan fingerprint density at radius 3 is 2.74 bits per heavy atom. The number of aryl methyl sites for hydroxylation is 1. The lowest BCUT2D eigenvalue weighted by Gasteiger charge is -2.09. The quantitative estimate of drug-likeness (QED) is 0.546. The molecule has 27 heavy (non-hydrogen) atoms. The number of thiophene rings is 1. The molecule has 0 saturated carbocycles. The Morgan fingerprint density at radius 2 is 2.04 bits per heavy atom. The molecule has 0 aliphatic carbocycles. The van der Waals surface area contributed by atoms with E-state index in [2.05, 4.69) is 5.10 Å². The van der Waals surface area contributed by atoms with Crippen LogP contribution in [0.5, 0.6) is 0 Å². The summed E-state index contributed by atoms with van der Waals surface area (Å²) in [6, 6.07) is 4.80. The van der Waals surface area contributed by atoms with Crippen LogP contribution < -0.4 is 17.0 Å². The van der Waals surface area contributed by atoms with Gasteiger partial charge in [0, 0.05) is 20.2 Å². The molecule has 142 valence electrons.